The van der Waals surface area contributed by atoms with Crippen LogP contribution < -0.4 is 10.6 Å². The summed E-state index contributed by atoms with van der Waals surface area (Å²) >= 11 is 2.06. The molecule has 1 fully saturated rings. The number of nitrogens with one attached hydrogen (secondary N) is 2. The summed E-state index contributed by atoms with van der Waals surface area (Å²) in [6.07, 6.45) is 2.61. The van der Waals surface area contributed by atoms with Crippen LogP contribution in [0.4, 0.5) is 5.69 Å². The summed E-state index contributed by atoms with van der Waals surface area (Å²) in [6.45, 7) is 5.69. The summed E-state index contributed by atoms with van der Waals surface area (Å²) in [7, 11) is 0. The molecule has 0 spiro atoms. The summed E-state index contributed by atoms with van der Waals surface area (Å²) in [5.41, 5.74) is 2.05. The van der Waals surface area contributed by atoms with Gasteiger partial charge in [-0.05, 0) is 37.1 Å². The van der Waals surface area contributed by atoms with Gasteiger partial charge in [0.1, 0.15) is 0 Å². The van der Waals surface area contributed by atoms with E-state index in [4.69, 9.17) is 0 Å². The van der Waals surface area contributed by atoms with E-state index in [1.807, 2.05) is 18.2 Å². The van der Waals surface area contributed by atoms with Crippen LogP contribution in [0.1, 0.15) is 32.3 Å². The van der Waals surface area contributed by atoms with Gasteiger partial charge in [0.25, 0.3) is 0 Å². The van der Waals surface area contributed by atoms with Crippen molar-refractivity contribution in [3.8, 4) is 0 Å². The Hall–Kier alpha value is -1.00. The van der Waals surface area contributed by atoms with Crippen LogP contribution in [0, 0.1) is 0 Å². The molecule has 0 aliphatic carbocycles. The topological polar surface area (TPSA) is 41.1 Å². The van der Waals surface area contributed by atoms with Gasteiger partial charge in [-0.25, -0.2) is 0 Å². The van der Waals surface area contributed by atoms with Crippen LogP contribution in [-0.2, 0) is 11.3 Å². The average molecular weight is 278 g/mol. The fourth-order valence-corrected chi connectivity index (χ4v) is 3.70. The fraction of sp³-hybridized carbons (Fsp3) is 0.533. The van der Waals surface area contributed by atoms with E-state index in [-0.39, 0.29) is 5.91 Å². The molecule has 1 aromatic rings. The van der Waals surface area contributed by atoms with Crippen molar-refractivity contribution >= 4 is 23.4 Å². The van der Waals surface area contributed by atoms with Crippen LogP contribution in [0.2, 0.25) is 0 Å². The van der Waals surface area contributed by atoms with Crippen molar-refractivity contribution in [2.45, 2.75) is 38.0 Å². The van der Waals surface area contributed by atoms with E-state index in [0.717, 1.165) is 24.3 Å². The van der Waals surface area contributed by atoms with Gasteiger partial charge in [0.05, 0.1) is 0 Å². The first-order valence-electron chi connectivity index (χ1n) is 6.79. The monoisotopic (exact) mass is 278 g/mol. The third kappa shape index (κ3) is 4.25. The molecule has 19 heavy (non-hydrogen) atoms. The SMILES string of the molecule is CC(=O)Nc1ccccc1CNCC1(C)CCCS1. The van der Waals surface area contributed by atoms with E-state index in [9.17, 15) is 4.79 Å². The van der Waals surface area contributed by atoms with Gasteiger partial charge in [0.2, 0.25) is 5.91 Å². The zero-order chi connectivity index (χ0) is 13.7. The van der Waals surface area contributed by atoms with Crippen molar-refractivity contribution in [1.82, 2.24) is 5.32 Å². The Morgan fingerprint density at radius 2 is 2.21 bits per heavy atom. The van der Waals surface area contributed by atoms with Gasteiger partial charge in [-0.3, -0.25) is 4.79 Å². The van der Waals surface area contributed by atoms with Crippen molar-refractivity contribution in [2.24, 2.45) is 0 Å². The number of anilines is 1. The molecular formula is C15H22N2OS. The lowest BCUT2D eigenvalue weighted by Crippen LogP contribution is -2.32. The molecule has 3 nitrogen and oxygen atoms in total. The van der Waals surface area contributed by atoms with E-state index >= 15 is 0 Å². The second-order valence-corrected chi connectivity index (χ2v) is 7.03. The van der Waals surface area contributed by atoms with Crippen LogP contribution in [-0.4, -0.2) is 23.0 Å². The maximum Gasteiger partial charge on any atom is 0.221 e. The Morgan fingerprint density at radius 3 is 2.89 bits per heavy atom. The molecule has 1 aliphatic heterocycles. The first-order valence-corrected chi connectivity index (χ1v) is 7.78. The number of thioether (sulfide) groups is 1. The third-order valence-corrected chi connectivity index (χ3v) is 4.98. The Balaban J connectivity index is 1.90. The van der Waals surface area contributed by atoms with Crippen LogP contribution in [0.3, 0.4) is 0 Å². The predicted octanol–water partition coefficient (Wildman–Crippen LogP) is 3.02. The highest BCUT2D eigenvalue weighted by atomic mass is 32.2. The molecule has 1 atom stereocenters. The minimum absolute atomic E-state index is 0.0224. The molecular weight excluding hydrogens is 256 g/mol. The zero-order valence-electron chi connectivity index (χ0n) is 11.7. The van der Waals surface area contributed by atoms with Crippen LogP contribution in [0.5, 0.6) is 0 Å². The molecule has 1 aromatic carbocycles. The first-order chi connectivity index (χ1) is 9.09. The number of hydrogen-bond acceptors (Lipinski definition) is 3. The molecule has 2 N–H and O–H groups in total. The van der Waals surface area contributed by atoms with E-state index in [1.165, 1.54) is 18.6 Å². The van der Waals surface area contributed by atoms with Crippen molar-refractivity contribution in [3.05, 3.63) is 29.8 Å². The lowest BCUT2D eigenvalue weighted by molar-refractivity contribution is -0.114. The van der Waals surface area contributed by atoms with Gasteiger partial charge in [0, 0.05) is 30.4 Å². The van der Waals surface area contributed by atoms with Crippen molar-refractivity contribution in [3.63, 3.8) is 0 Å². The Bertz CT molecular complexity index is 442. The predicted molar refractivity (Wildman–Crippen MR) is 82.5 cm³/mol. The van der Waals surface area contributed by atoms with Gasteiger partial charge in [0.15, 0.2) is 0 Å². The number of para-hydroxylation sites is 1. The van der Waals surface area contributed by atoms with Gasteiger partial charge < -0.3 is 10.6 Å². The molecule has 0 bridgehead atoms. The lowest BCUT2D eigenvalue weighted by atomic mass is 10.1. The molecule has 1 aliphatic rings. The Labute approximate surface area is 119 Å². The highest BCUT2D eigenvalue weighted by Crippen LogP contribution is 2.37. The summed E-state index contributed by atoms with van der Waals surface area (Å²) in [5.74, 6) is 1.26. The van der Waals surface area contributed by atoms with Crippen molar-refractivity contribution in [2.75, 3.05) is 17.6 Å². The maximum atomic E-state index is 11.2. The van der Waals surface area contributed by atoms with Crippen LogP contribution in [0.25, 0.3) is 0 Å². The molecule has 0 aromatic heterocycles. The standard InChI is InChI=1S/C15H22N2OS/c1-12(18)17-14-7-4-3-6-13(14)10-16-11-15(2)8-5-9-19-15/h3-4,6-7,16H,5,8-11H2,1-2H3,(H,17,18). The first kappa shape index (κ1) is 14.4. The minimum atomic E-state index is -0.0224. The molecule has 0 radical (unpaired) electrons. The number of rotatable bonds is 5. The van der Waals surface area contributed by atoms with Crippen LogP contribution >= 0.6 is 11.8 Å². The third-order valence-electron chi connectivity index (χ3n) is 3.44. The highest BCUT2D eigenvalue weighted by Gasteiger charge is 2.28. The molecule has 104 valence electrons. The molecule has 1 saturated heterocycles. The van der Waals surface area contributed by atoms with Gasteiger partial charge in [-0.2, -0.15) is 11.8 Å². The second kappa shape index (κ2) is 6.44. The van der Waals surface area contributed by atoms with E-state index in [0.29, 0.717) is 4.75 Å². The highest BCUT2D eigenvalue weighted by molar-refractivity contribution is 8.00. The quantitative estimate of drug-likeness (QED) is 0.870. The second-order valence-electron chi connectivity index (χ2n) is 5.34. The normalized spacial score (nSPS) is 22.4. The maximum absolute atomic E-state index is 11.2. The number of carbonyl (C=O) groups is 1. The van der Waals surface area contributed by atoms with Gasteiger partial charge >= 0.3 is 0 Å². The molecule has 1 unspecified atom stereocenters. The largest absolute Gasteiger partial charge is 0.326 e. The number of hydrogen-bond donors (Lipinski definition) is 2. The lowest BCUT2D eigenvalue weighted by Gasteiger charge is -2.23. The molecule has 1 amide bonds. The van der Waals surface area contributed by atoms with E-state index in [1.54, 1.807) is 6.92 Å². The van der Waals surface area contributed by atoms with Crippen molar-refractivity contribution < 1.29 is 4.79 Å². The van der Waals surface area contributed by atoms with E-state index < -0.39 is 0 Å². The summed E-state index contributed by atoms with van der Waals surface area (Å²) < 4.78 is 0.378. The smallest absolute Gasteiger partial charge is 0.221 e. The fourth-order valence-electron chi connectivity index (χ4n) is 2.42. The molecule has 1 heterocycles. The number of carbonyl (C=O) groups excluding carboxylic acids is 1. The van der Waals surface area contributed by atoms with Crippen LogP contribution in [0.15, 0.2) is 24.3 Å². The molecule has 2 rings (SSSR count). The van der Waals surface area contributed by atoms with Gasteiger partial charge in [-0.15, -0.1) is 0 Å². The zero-order valence-corrected chi connectivity index (χ0v) is 12.5. The van der Waals surface area contributed by atoms with Gasteiger partial charge in [-0.1, -0.05) is 18.2 Å². The average Bonchev–Trinajstić information content (AvgIpc) is 2.78. The molecule has 0 saturated carbocycles. The van der Waals surface area contributed by atoms with E-state index in [2.05, 4.69) is 35.4 Å². The molecule has 4 heteroatoms. The minimum Gasteiger partial charge on any atom is -0.326 e. The Morgan fingerprint density at radius 1 is 1.42 bits per heavy atom. The number of benzene rings is 1. The van der Waals surface area contributed by atoms with Crippen molar-refractivity contribution in [1.29, 1.82) is 0 Å². The number of amides is 1. The Kier molecular flexibility index (Phi) is 4.88. The summed E-state index contributed by atoms with van der Waals surface area (Å²) in [4.78, 5) is 11.2. The summed E-state index contributed by atoms with van der Waals surface area (Å²) in [5, 5.41) is 6.40. The summed E-state index contributed by atoms with van der Waals surface area (Å²) in [6, 6.07) is 7.96.